The summed E-state index contributed by atoms with van der Waals surface area (Å²) in [5.74, 6) is 2.94. The van der Waals surface area contributed by atoms with E-state index < -0.39 is 0 Å². The smallest absolute Gasteiger partial charge is 0.130 e. The van der Waals surface area contributed by atoms with Gasteiger partial charge in [0.15, 0.2) is 0 Å². The summed E-state index contributed by atoms with van der Waals surface area (Å²) in [5.41, 5.74) is 0. The summed E-state index contributed by atoms with van der Waals surface area (Å²) in [6.45, 7) is 7.27. The van der Waals surface area contributed by atoms with Gasteiger partial charge < -0.3 is 5.32 Å². The molecular weight excluding hydrogens is 218 g/mol. The van der Waals surface area contributed by atoms with Crippen LogP contribution in [0.5, 0.6) is 0 Å². The molecule has 90 valence electrons. The summed E-state index contributed by atoms with van der Waals surface area (Å²) in [4.78, 5) is 8.79. The van der Waals surface area contributed by atoms with Gasteiger partial charge in [-0.25, -0.2) is 9.97 Å². The van der Waals surface area contributed by atoms with Gasteiger partial charge in [-0.2, -0.15) is 0 Å². The number of unbranched alkanes of at least 4 members (excludes halogenated alkanes) is 1. The van der Waals surface area contributed by atoms with Crippen LogP contribution in [0.4, 0.5) is 5.82 Å². The second-order valence-corrected chi connectivity index (χ2v) is 4.88. The molecule has 0 atom stereocenters. The van der Waals surface area contributed by atoms with E-state index in [1.54, 1.807) is 0 Å². The molecule has 1 aromatic heterocycles. The topological polar surface area (TPSA) is 37.8 Å². The van der Waals surface area contributed by atoms with Crippen LogP contribution < -0.4 is 5.32 Å². The fraction of sp³-hybridized carbons (Fsp3) is 0.667. The molecule has 1 heterocycles. The second-order valence-electron chi connectivity index (χ2n) is 3.77. The first-order chi connectivity index (χ1) is 7.76. The molecule has 0 aromatic carbocycles. The average molecular weight is 239 g/mol. The number of hydrogen-bond donors (Lipinski definition) is 1. The van der Waals surface area contributed by atoms with Crippen molar-refractivity contribution in [1.82, 2.24) is 9.97 Å². The van der Waals surface area contributed by atoms with E-state index in [0.29, 0.717) is 0 Å². The van der Waals surface area contributed by atoms with Crippen LogP contribution in [0.2, 0.25) is 0 Å². The van der Waals surface area contributed by atoms with E-state index in [1.165, 1.54) is 12.8 Å². The Hall–Kier alpha value is -0.770. The predicted molar refractivity (Wildman–Crippen MR) is 71.2 cm³/mol. The first-order valence-electron chi connectivity index (χ1n) is 5.98. The lowest BCUT2D eigenvalue weighted by molar-refractivity contribution is 0.890. The zero-order valence-corrected chi connectivity index (χ0v) is 11.2. The third-order valence-electron chi connectivity index (χ3n) is 2.12. The highest BCUT2D eigenvalue weighted by Gasteiger charge is 2.01. The average Bonchev–Trinajstić information content (AvgIpc) is 2.26. The van der Waals surface area contributed by atoms with E-state index in [1.807, 2.05) is 24.8 Å². The van der Waals surface area contributed by atoms with Crippen LogP contribution in [0, 0.1) is 6.92 Å². The Morgan fingerprint density at radius 1 is 1.25 bits per heavy atom. The van der Waals surface area contributed by atoms with Gasteiger partial charge in [-0.3, -0.25) is 0 Å². The van der Waals surface area contributed by atoms with Gasteiger partial charge in [0, 0.05) is 12.6 Å². The Labute approximate surface area is 102 Å². The highest BCUT2D eigenvalue weighted by atomic mass is 32.2. The van der Waals surface area contributed by atoms with E-state index in [0.717, 1.165) is 35.4 Å². The minimum atomic E-state index is 0.847. The van der Waals surface area contributed by atoms with Crippen molar-refractivity contribution in [2.75, 3.05) is 17.6 Å². The number of rotatable bonds is 7. The Bertz CT molecular complexity index is 315. The van der Waals surface area contributed by atoms with Gasteiger partial charge in [0.25, 0.3) is 0 Å². The monoisotopic (exact) mass is 239 g/mol. The fourth-order valence-electron chi connectivity index (χ4n) is 1.28. The van der Waals surface area contributed by atoms with E-state index in [4.69, 9.17) is 0 Å². The zero-order chi connectivity index (χ0) is 11.8. The molecule has 16 heavy (non-hydrogen) atoms. The molecule has 0 aliphatic rings. The van der Waals surface area contributed by atoms with Crippen molar-refractivity contribution < 1.29 is 0 Å². The molecule has 0 spiro atoms. The Morgan fingerprint density at radius 3 is 2.75 bits per heavy atom. The molecule has 3 nitrogen and oxygen atoms in total. The molecule has 0 aliphatic heterocycles. The maximum absolute atomic E-state index is 4.43. The summed E-state index contributed by atoms with van der Waals surface area (Å²) in [7, 11) is 0. The number of aromatic nitrogens is 2. The summed E-state index contributed by atoms with van der Waals surface area (Å²) in [6, 6.07) is 2.04. The van der Waals surface area contributed by atoms with Gasteiger partial charge in [-0.1, -0.05) is 20.3 Å². The molecule has 0 saturated carbocycles. The molecule has 0 amide bonds. The lowest BCUT2D eigenvalue weighted by Gasteiger charge is -2.07. The van der Waals surface area contributed by atoms with Crippen molar-refractivity contribution in [2.24, 2.45) is 0 Å². The van der Waals surface area contributed by atoms with E-state index in [2.05, 4.69) is 29.1 Å². The minimum Gasteiger partial charge on any atom is -0.370 e. The fourth-order valence-corrected chi connectivity index (χ4v) is 2.31. The molecule has 0 radical (unpaired) electrons. The third kappa shape index (κ3) is 4.84. The molecule has 0 saturated heterocycles. The van der Waals surface area contributed by atoms with E-state index >= 15 is 0 Å². The van der Waals surface area contributed by atoms with Crippen LogP contribution >= 0.6 is 11.8 Å². The largest absolute Gasteiger partial charge is 0.370 e. The van der Waals surface area contributed by atoms with Crippen molar-refractivity contribution in [2.45, 2.75) is 45.1 Å². The molecule has 4 heteroatoms. The van der Waals surface area contributed by atoms with Gasteiger partial charge in [-0.05, 0) is 25.5 Å². The highest BCUT2D eigenvalue weighted by Crippen LogP contribution is 2.19. The van der Waals surface area contributed by atoms with Gasteiger partial charge >= 0.3 is 0 Å². The predicted octanol–water partition coefficient (Wildman–Crippen LogP) is 3.50. The quantitative estimate of drug-likeness (QED) is 0.449. The number of thioether (sulfide) groups is 1. The van der Waals surface area contributed by atoms with Crippen molar-refractivity contribution in [1.29, 1.82) is 0 Å². The summed E-state index contributed by atoms with van der Waals surface area (Å²) >= 11 is 1.82. The number of nitrogens with one attached hydrogen (secondary N) is 1. The first kappa shape index (κ1) is 13.3. The van der Waals surface area contributed by atoms with E-state index in [9.17, 15) is 0 Å². The number of nitrogens with zero attached hydrogens (tertiary/aromatic N) is 2. The number of aryl methyl sites for hydroxylation is 1. The number of hydrogen-bond acceptors (Lipinski definition) is 4. The summed E-state index contributed by atoms with van der Waals surface area (Å²) in [5, 5.41) is 4.38. The van der Waals surface area contributed by atoms with Crippen molar-refractivity contribution >= 4 is 17.6 Å². The zero-order valence-electron chi connectivity index (χ0n) is 10.4. The molecule has 1 rings (SSSR count). The van der Waals surface area contributed by atoms with Gasteiger partial charge in [0.1, 0.15) is 16.7 Å². The molecule has 0 bridgehead atoms. The summed E-state index contributed by atoms with van der Waals surface area (Å²) < 4.78 is 0. The lowest BCUT2D eigenvalue weighted by atomic mass is 10.4. The van der Waals surface area contributed by atoms with Crippen LogP contribution in [0.1, 0.15) is 38.9 Å². The maximum Gasteiger partial charge on any atom is 0.130 e. The molecule has 0 unspecified atom stereocenters. The second kappa shape index (κ2) is 7.49. The van der Waals surface area contributed by atoms with Crippen LogP contribution in [0.3, 0.4) is 0 Å². The Morgan fingerprint density at radius 2 is 2.06 bits per heavy atom. The molecule has 0 aliphatic carbocycles. The Balaban J connectivity index is 2.58. The summed E-state index contributed by atoms with van der Waals surface area (Å²) in [6.07, 6.45) is 3.59. The minimum absolute atomic E-state index is 0.847. The standard InChI is InChI=1S/C12H21N3S/c1-4-6-8-16-12-9-11(13-7-5-2)14-10(3)15-12/h9H,4-8H2,1-3H3,(H,13,14,15). The SMILES string of the molecule is CCCCSc1cc(NCCC)nc(C)n1. The van der Waals surface area contributed by atoms with Gasteiger partial charge in [-0.15, -0.1) is 11.8 Å². The molecular formula is C12H21N3S. The third-order valence-corrected chi connectivity index (χ3v) is 3.12. The highest BCUT2D eigenvalue weighted by molar-refractivity contribution is 7.99. The van der Waals surface area contributed by atoms with Crippen LogP contribution in [-0.4, -0.2) is 22.3 Å². The molecule has 1 aromatic rings. The lowest BCUT2D eigenvalue weighted by Crippen LogP contribution is -2.04. The van der Waals surface area contributed by atoms with E-state index in [-0.39, 0.29) is 0 Å². The van der Waals surface area contributed by atoms with Crippen LogP contribution in [0.25, 0.3) is 0 Å². The number of anilines is 1. The van der Waals surface area contributed by atoms with Crippen molar-refractivity contribution in [3.63, 3.8) is 0 Å². The van der Waals surface area contributed by atoms with Gasteiger partial charge in [0.05, 0.1) is 0 Å². The van der Waals surface area contributed by atoms with Crippen molar-refractivity contribution in [3.8, 4) is 0 Å². The molecule has 0 fully saturated rings. The Kier molecular flexibility index (Phi) is 6.23. The molecule has 1 N–H and O–H groups in total. The first-order valence-corrected chi connectivity index (χ1v) is 6.97. The normalized spacial score (nSPS) is 10.4. The van der Waals surface area contributed by atoms with Crippen molar-refractivity contribution in [3.05, 3.63) is 11.9 Å². The van der Waals surface area contributed by atoms with Crippen LogP contribution in [0.15, 0.2) is 11.1 Å². The van der Waals surface area contributed by atoms with Crippen LogP contribution in [-0.2, 0) is 0 Å². The maximum atomic E-state index is 4.43. The van der Waals surface area contributed by atoms with Gasteiger partial charge in [0.2, 0.25) is 0 Å².